The van der Waals surface area contributed by atoms with E-state index in [1.54, 1.807) is 7.11 Å². The minimum absolute atomic E-state index is 0.0628. The Morgan fingerprint density at radius 3 is 2.63 bits per heavy atom. The molecule has 5 heteroatoms. The number of nitrogens with one attached hydrogen (secondary N) is 1. The van der Waals surface area contributed by atoms with Crippen molar-refractivity contribution in [1.29, 1.82) is 0 Å². The number of hydrogen-bond donors (Lipinski definition) is 1. The van der Waals surface area contributed by atoms with Crippen LogP contribution in [0.3, 0.4) is 0 Å². The highest BCUT2D eigenvalue weighted by Crippen LogP contribution is 2.49. The fraction of sp³-hybridized carbons (Fsp3) is 0.364. The largest absolute Gasteiger partial charge is 0.496 e. The number of nitrogens with zero attached hydrogens (tertiary/aromatic N) is 1. The number of carbonyl (C=O) groups is 2. The van der Waals surface area contributed by atoms with E-state index < -0.39 is 5.41 Å². The van der Waals surface area contributed by atoms with Crippen molar-refractivity contribution in [1.82, 2.24) is 5.32 Å². The molecule has 27 heavy (non-hydrogen) atoms. The number of anilines is 1. The molecule has 0 radical (unpaired) electrons. The molecule has 4 rings (SSSR count). The lowest BCUT2D eigenvalue weighted by molar-refractivity contribution is -0.135. The molecule has 1 heterocycles. The van der Waals surface area contributed by atoms with E-state index in [1.165, 1.54) is 5.56 Å². The van der Waals surface area contributed by atoms with Crippen LogP contribution in [0.1, 0.15) is 30.4 Å². The number of ether oxygens (including phenoxy) is 1. The second kappa shape index (κ2) is 7.06. The lowest BCUT2D eigenvalue weighted by Crippen LogP contribution is -2.47. The van der Waals surface area contributed by atoms with Crippen molar-refractivity contribution in [3.8, 4) is 5.75 Å². The SMILES string of the molecule is COc1ccccc1CNC(=O)C1(C(=O)N2CCCc3ccccc32)CC1. The zero-order valence-electron chi connectivity index (χ0n) is 15.5. The Morgan fingerprint density at radius 2 is 1.85 bits per heavy atom. The van der Waals surface area contributed by atoms with E-state index in [4.69, 9.17) is 4.74 Å². The van der Waals surface area contributed by atoms with Crippen molar-refractivity contribution >= 4 is 17.5 Å². The average Bonchev–Trinajstić information content (AvgIpc) is 3.53. The molecule has 2 aliphatic rings. The van der Waals surface area contributed by atoms with Crippen LogP contribution in [0.5, 0.6) is 5.75 Å². The Labute approximate surface area is 159 Å². The first-order valence-corrected chi connectivity index (χ1v) is 9.46. The quantitative estimate of drug-likeness (QED) is 0.830. The number of amides is 2. The highest BCUT2D eigenvalue weighted by molar-refractivity contribution is 6.14. The molecule has 2 amide bonds. The van der Waals surface area contributed by atoms with Gasteiger partial charge in [-0.15, -0.1) is 0 Å². The Hall–Kier alpha value is -2.82. The van der Waals surface area contributed by atoms with Crippen molar-refractivity contribution in [2.24, 2.45) is 5.41 Å². The minimum atomic E-state index is -0.910. The zero-order valence-corrected chi connectivity index (χ0v) is 15.5. The normalized spacial score (nSPS) is 17.0. The molecule has 1 aliphatic carbocycles. The molecule has 0 aromatic heterocycles. The van der Waals surface area contributed by atoms with Gasteiger partial charge in [0.05, 0.1) is 7.11 Å². The van der Waals surface area contributed by atoms with Crippen LogP contribution >= 0.6 is 0 Å². The number of benzene rings is 2. The van der Waals surface area contributed by atoms with E-state index >= 15 is 0 Å². The van der Waals surface area contributed by atoms with Gasteiger partial charge >= 0.3 is 0 Å². The third kappa shape index (κ3) is 3.18. The molecule has 2 aromatic rings. The maximum Gasteiger partial charge on any atom is 0.242 e. The van der Waals surface area contributed by atoms with Crippen LogP contribution in [-0.4, -0.2) is 25.5 Å². The van der Waals surface area contributed by atoms with Crippen LogP contribution in [0, 0.1) is 5.41 Å². The van der Waals surface area contributed by atoms with Crippen LogP contribution in [-0.2, 0) is 22.6 Å². The predicted octanol–water partition coefficient (Wildman–Crippen LogP) is 3.07. The molecule has 0 spiro atoms. The molecule has 0 unspecified atom stereocenters. The molecule has 1 aliphatic heterocycles. The number of rotatable bonds is 5. The summed E-state index contributed by atoms with van der Waals surface area (Å²) in [7, 11) is 1.61. The van der Waals surface area contributed by atoms with Gasteiger partial charge in [0, 0.05) is 24.3 Å². The van der Waals surface area contributed by atoms with Gasteiger partial charge in [0.25, 0.3) is 0 Å². The van der Waals surface area contributed by atoms with Crippen molar-refractivity contribution in [3.63, 3.8) is 0 Å². The third-order valence-corrected chi connectivity index (χ3v) is 5.58. The molecule has 1 saturated carbocycles. The Kier molecular flexibility index (Phi) is 4.60. The molecule has 140 valence electrons. The molecule has 0 atom stereocenters. The van der Waals surface area contributed by atoms with E-state index in [2.05, 4.69) is 11.4 Å². The molecule has 5 nitrogen and oxygen atoms in total. The molecular weight excluding hydrogens is 340 g/mol. The second-order valence-electron chi connectivity index (χ2n) is 7.27. The van der Waals surface area contributed by atoms with Gasteiger partial charge in [-0.3, -0.25) is 9.59 Å². The number of hydrogen-bond acceptors (Lipinski definition) is 3. The summed E-state index contributed by atoms with van der Waals surface area (Å²) in [5.41, 5.74) is 2.13. The van der Waals surface area contributed by atoms with Crippen molar-refractivity contribution in [2.45, 2.75) is 32.2 Å². The first-order chi connectivity index (χ1) is 13.2. The van der Waals surface area contributed by atoms with Gasteiger partial charge in [-0.25, -0.2) is 0 Å². The summed E-state index contributed by atoms with van der Waals surface area (Å²) >= 11 is 0. The smallest absolute Gasteiger partial charge is 0.242 e. The molecule has 1 N–H and O–H groups in total. The van der Waals surface area contributed by atoms with E-state index in [9.17, 15) is 9.59 Å². The lowest BCUT2D eigenvalue weighted by atomic mass is 9.97. The number of carbonyl (C=O) groups excluding carboxylic acids is 2. The van der Waals surface area contributed by atoms with Gasteiger partial charge in [0.2, 0.25) is 11.8 Å². The highest BCUT2D eigenvalue weighted by Gasteiger charge is 2.58. The standard InChI is InChI=1S/C22H24N2O3/c1-27-19-11-5-3-8-17(19)15-23-20(25)22(12-13-22)21(26)24-14-6-9-16-7-2-4-10-18(16)24/h2-5,7-8,10-11H,6,9,12-15H2,1H3,(H,23,25). The second-order valence-corrected chi connectivity index (χ2v) is 7.27. The van der Waals surface area contributed by atoms with E-state index in [0.29, 0.717) is 25.9 Å². The van der Waals surface area contributed by atoms with Gasteiger partial charge in [-0.1, -0.05) is 36.4 Å². The average molecular weight is 364 g/mol. The maximum atomic E-state index is 13.3. The van der Waals surface area contributed by atoms with E-state index in [-0.39, 0.29) is 11.8 Å². The predicted molar refractivity (Wildman–Crippen MR) is 104 cm³/mol. The van der Waals surface area contributed by atoms with E-state index in [0.717, 1.165) is 29.8 Å². The van der Waals surface area contributed by atoms with Gasteiger partial charge in [0.15, 0.2) is 0 Å². The van der Waals surface area contributed by atoms with Crippen LogP contribution < -0.4 is 15.0 Å². The van der Waals surface area contributed by atoms with Crippen LogP contribution in [0.4, 0.5) is 5.69 Å². The Bertz CT molecular complexity index is 873. The highest BCUT2D eigenvalue weighted by atomic mass is 16.5. The van der Waals surface area contributed by atoms with Crippen LogP contribution in [0.15, 0.2) is 48.5 Å². The molecule has 2 aromatic carbocycles. The topological polar surface area (TPSA) is 58.6 Å². The fourth-order valence-corrected chi connectivity index (χ4v) is 3.86. The van der Waals surface area contributed by atoms with Crippen LogP contribution in [0.2, 0.25) is 0 Å². The Morgan fingerprint density at radius 1 is 1.11 bits per heavy atom. The summed E-state index contributed by atoms with van der Waals surface area (Å²) in [5.74, 6) is 0.493. The first-order valence-electron chi connectivity index (χ1n) is 9.46. The summed E-state index contributed by atoms with van der Waals surface area (Å²) in [6.07, 6.45) is 3.14. The summed E-state index contributed by atoms with van der Waals surface area (Å²) < 4.78 is 5.33. The minimum Gasteiger partial charge on any atom is -0.496 e. The lowest BCUT2D eigenvalue weighted by Gasteiger charge is -2.32. The maximum absolute atomic E-state index is 13.3. The summed E-state index contributed by atoms with van der Waals surface area (Å²) in [5, 5.41) is 2.95. The van der Waals surface area contributed by atoms with Gasteiger partial charge in [-0.05, 0) is 43.4 Å². The number of fused-ring (bicyclic) bond motifs is 1. The number of aryl methyl sites for hydroxylation is 1. The summed E-state index contributed by atoms with van der Waals surface area (Å²) in [6, 6.07) is 15.6. The van der Waals surface area contributed by atoms with Crippen LogP contribution in [0.25, 0.3) is 0 Å². The first kappa shape index (κ1) is 17.6. The van der Waals surface area contributed by atoms with Gasteiger partial charge in [-0.2, -0.15) is 0 Å². The third-order valence-electron chi connectivity index (χ3n) is 5.58. The fourth-order valence-electron chi connectivity index (χ4n) is 3.86. The number of para-hydroxylation sites is 2. The number of methoxy groups -OCH3 is 1. The van der Waals surface area contributed by atoms with Crippen molar-refractivity contribution in [2.75, 3.05) is 18.6 Å². The molecule has 0 saturated heterocycles. The molecular formula is C22H24N2O3. The van der Waals surface area contributed by atoms with Crippen molar-refractivity contribution in [3.05, 3.63) is 59.7 Å². The molecule has 0 bridgehead atoms. The van der Waals surface area contributed by atoms with Gasteiger partial charge in [0.1, 0.15) is 11.2 Å². The molecule has 1 fully saturated rings. The summed E-state index contributed by atoms with van der Waals surface area (Å²) in [6.45, 7) is 1.03. The van der Waals surface area contributed by atoms with Crippen molar-refractivity contribution < 1.29 is 14.3 Å². The van der Waals surface area contributed by atoms with Gasteiger partial charge < -0.3 is 15.0 Å². The zero-order chi connectivity index (χ0) is 18.9. The van der Waals surface area contributed by atoms with E-state index in [1.807, 2.05) is 47.4 Å². The Balaban J connectivity index is 1.49. The summed E-state index contributed by atoms with van der Waals surface area (Å²) in [4.78, 5) is 28.0. The monoisotopic (exact) mass is 364 g/mol.